The van der Waals surface area contributed by atoms with Crippen LogP contribution < -0.4 is 5.32 Å². The molecule has 0 aliphatic heterocycles. The van der Waals surface area contributed by atoms with Crippen LogP contribution in [0.1, 0.15) is 75.2 Å². The number of hydrogen-bond acceptors (Lipinski definition) is 5. The third kappa shape index (κ3) is 10.8. The highest BCUT2D eigenvalue weighted by atomic mass is 16.5. The topological polar surface area (TPSA) is 64.6 Å². The molecule has 0 bridgehead atoms. The molecule has 154 valence electrons. The first kappa shape index (κ1) is 24.9. The van der Waals surface area contributed by atoms with Crippen molar-refractivity contribution in [1.82, 2.24) is 5.32 Å². The van der Waals surface area contributed by atoms with Gasteiger partial charge in [0.1, 0.15) is 13.2 Å². The standard InChI is InChI=1S/C21H41NO4/c1-16(2)14-20(6,7)17(23)25-12-10-22-11-13-26-18(24)21(8,9)15-19(3,4)5/h16,22H,10-15H2,1-9H3. The van der Waals surface area contributed by atoms with Gasteiger partial charge in [-0.05, 0) is 51.9 Å². The average Bonchev–Trinajstić information content (AvgIpc) is 2.41. The van der Waals surface area contributed by atoms with Gasteiger partial charge in [0, 0.05) is 13.1 Å². The molecular weight excluding hydrogens is 330 g/mol. The molecule has 0 aromatic carbocycles. The minimum absolute atomic E-state index is 0.0774. The Hall–Kier alpha value is -1.10. The molecule has 0 saturated carbocycles. The molecule has 0 amide bonds. The number of carbonyl (C=O) groups excluding carboxylic acids is 2. The van der Waals surface area contributed by atoms with Crippen molar-refractivity contribution in [2.75, 3.05) is 26.3 Å². The second-order valence-electron chi connectivity index (χ2n) is 10.1. The predicted molar refractivity (Wildman–Crippen MR) is 106 cm³/mol. The van der Waals surface area contributed by atoms with E-state index >= 15 is 0 Å². The lowest BCUT2D eigenvalue weighted by molar-refractivity contribution is -0.155. The minimum atomic E-state index is -0.490. The van der Waals surface area contributed by atoms with Crippen molar-refractivity contribution < 1.29 is 19.1 Å². The Labute approximate surface area is 160 Å². The van der Waals surface area contributed by atoms with E-state index < -0.39 is 10.8 Å². The normalized spacial score (nSPS) is 13.0. The molecule has 0 aromatic heterocycles. The molecule has 0 aliphatic carbocycles. The Morgan fingerprint density at radius 2 is 1.23 bits per heavy atom. The van der Waals surface area contributed by atoms with Crippen LogP contribution in [0.3, 0.4) is 0 Å². The lowest BCUT2D eigenvalue weighted by Gasteiger charge is -2.30. The summed E-state index contributed by atoms with van der Waals surface area (Å²) < 4.78 is 10.7. The Kier molecular flexibility index (Phi) is 9.85. The van der Waals surface area contributed by atoms with Gasteiger partial charge in [0.25, 0.3) is 0 Å². The van der Waals surface area contributed by atoms with Crippen molar-refractivity contribution in [3.63, 3.8) is 0 Å². The van der Waals surface area contributed by atoms with E-state index in [0.717, 1.165) is 12.8 Å². The molecule has 0 radical (unpaired) electrons. The second-order valence-corrected chi connectivity index (χ2v) is 10.1. The van der Waals surface area contributed by atoms with E-state index in [1.807, 2.05) is 27.7 Å². The SMILES string of the molecule is CC(C)CC(C)(C)C(=O)OCCNCCOC(=O)C(C)(C)CC(C)(C)C. The summed E-state index contributed by atoms with van der Waals surface area (Å²) in [7, 11) is 0. The number of nitrogens with one attached hydrogen (secondary N) is 1. The summed E-state index contributed by atoms with van der Waals surface area (Å²) >= 11 is 0. The minimum Gasteiger partial charge on any atom is -0.464 e. The van der Waals surface area contributed by atoms with E-state index in [9.17, 15) is 9.59 Å². The summed E-state index contributed by atoms with van der Waals surface area (Å²) in [5.41, 5.74) is -0.869. The molecule has 26 heavy (non-hydrogen) atoms. The average molecular weight is 372 g/mol. The van der Waals surface area contributed by atoms with Crippen LogP contribution >= 0.6 is 0 Å². The van der Waals surface area contributed by atoms with Crippen molar-refractivity contribution in [2.45, 2.75) is 75.2 Å². The van der Waals surface area contributed by atoms with Crippen molar-refractivity contribution in [3.05, 3.63) is 0 Å². The molecule has 0 unspecified atom stereocenters. The third-order valence-electron chi connectivity index (χ3n) is 4.02. The zero-order chi connectivity index (χ0) is 20.6. The van der Waals surface area contributed by atoms with Gasteiger partial charge in [-0.25, -0.2) is 0 Å². The van der Waals surface area contributed by atoms with Crippen molar-refractivity contribution in [3.8, 4) is 0 Å². The summed E-state index contributed by atoms with van der Waals surface area (Å²) in [6.07, 6.45) is 1.58. The van der Waals surface area contributed by atoms with Crippen LogP contribution in [0, 0.1) is 22.2 Å². The molecule has 0 heterocycles. The molecule has 0 rings (SSSR count). The largest absolute Gasteiger partial charge is 0.464 e. The Morgan fingerprint density at radius 3 is 1.62 bits per heavy atom. The van der Waals surface area contributed by atoms with Crippen LogP contribution in [-0.2, 0) is 19.1 Å². The highest BCUT2D eigenvalue weighted by Crippen LogP contribution is 2.34. The summed E-state index contributed by atoms with van der Waals surface area (Å²) in [5.74, 6) is 0.118. The zero-order valence-electron chi connectivity index (χ0n) is 18.5. The van der Waals surface area contributed by atoms with Gasteiger partial charge in [-0.3, -0.25) is 9.59 Å². The van der Waals surface area contributed by atoms with E-state index in [4.69, 9.17) is 9.47 Å². The van der Waals surface area contributed by atoms with E-state index in [2.05, 4.69) is 39.9 Å². The maximum absolute atomic E-state index is 12.2. The van der Waals surface area contributed by atoms with Gasteiger partial charge in [-0.2, -0.15) is 0 Å². The number of carbonyl (C=O) groups is 2. The summed E-state index contributed by atoms with van der Waals surface area (Å²) in [6.45, 7) is 20.0. The lowest BCUT2D eigenvalue weighted by Crippen LogP contribution is -2.34. The first-order chi connectivity index (χ1) is 11.7. The Morgan fingerprint density at radius 1 is 0.808 bits per heavy atom. The number of rotatable bonds is 11. The smallest absolute Gasteiger partial charge is 0.311 e. The quantitative estimate of drug-likeness (QED) is 0.436. The van der Waals surface area contributed by atoms with Crippen LogP contribution in [0.4, 0.5) is 0 Å². The Bertz CT molecular complexity index is 447. The summed E-state index contributed by atoms with van der Waals surface area (Å²) in [5, 5.41) is 3.13. The van der Waals surface area contributed by atoms with Gasteiger partial charge in [-0.1, -0.05) is 34.6 Å². The van der Waals surface area contributed by atoms with Gasteiger partial charge in [-0.15, -0.1) is 0 Å². The van der Waals surface area contributed by atoms with E-state index in [1.54, 1.807) is 0 Å². The highest BCUT2D eigenvalue weighted by molar-refractivity contribution is 5.76. The third-order valence-corrected chi connectivity index (χ3v) is 4.02. The van der Waals surface area contributed by atoms with Crippen LogP contribution in [0.25, 0.3) is 0 Å². The molecule has 5 heteroatoms. The fourth-order valence-electron chi connectivity index (χ4n) is 3.45. The van der Waals surface area contributed by atoms with Gasteiger partial charge in [0.2, 0.25) is 0 Å². The predicted octanol–water partition coefficient (Wildman–Crippen LogP) is 4.20. The maximum Gasteiger partial charge on any atom is 0.311 e. The van der Waals surface area contributed by atoms with E-state index in [1.165, 1.54) is 0 Å². The molecular formula is C21H41NO4. The maximum atomic E-state index is 12.2. The monoisotopic (exact) mass is 371 g/mol. The Balaban J connectivity index is 3.95. The molecule has 5 nitrogen and oxygen atoms in total. The fourth-order valence-corrected chi connectivity index (χ4v) is 3.45. The highest BCUT2D eigenvalue weighted by Gasteiger charge is 2.34. The first-order valence-electron chi connectivity index (χ1n) is 9.72. The fraction of sp³-hybridized carbons (Fsp3) is 0.905. The first-order valence-corrected chi connectivity index (χ1v) is 9.72. The molecule has 0 aromatic rings. The van der Waals surface area contributed by atoms with Crippen molar-refractivity contribution >= 4 is 11.9 Å². The second kappa shape index (κ2) is 10.3. The number of esters is 2. The zero-order valence-corrected chi connectivity index (χ0v) is 18.5. The molecule has 1 N–H and O–H groups in total. The van der Waals surface area contributed by atoms with Gasteiger partial charge >= 0.3 is 11.9 Å². The van der Waals surface area contributed by atoms with Crippen LogP contribution in [0.15, 0.2) is 0 Å². The van der Waals surface area contributed by atoms with Crippen molar-refractivity contribution in [1.29, 1.82) is 0 Å². The molecule has 0 fully saturated rings. The van der Waals surface area contributed by atoms with E-state index in [-0.39, 0.29) is 17.4 Å². The van der Waals surface area contributed by atoms with Crippen LogP contribution in [0.2, 0.25) is 0 Å². The molecule has 0 aliphatic rings. The lowest BCUT2D eigenvalue weighted by atomic mass is 9.76. The van der Waals surface area contributed by atoms with Gasteiger partial charge in [0.15, 0.2) is 0 Å². The summed E-state index contributed by atoms with van der Waals surface area (Å²) in [4.78, 5) is 24.3. The number of ether oxygens (including phenoxy) is 2. The van der Waals surface area contributed by atoms with E-state index in [0.29, 0.717) is 32.2 Å². The van der Waals surface area contributed by atoms with Crippen LogP contribution in [0.5, 0.6) is 0 Å². The number of hydrogen-bond donors (Lipinski definition) is 1. The molecule has 0 spiro atoms. The molecule has 0 atom stereocenters. The van der Waals surface area contributed by atoms with Crippen LogP contribution in [-0.4, -0.2) is 38.2 Å². The summed E-state index contributed by atoms with van der Waals surface area (Å²) in [6, 6.07) is 0. The molecule has 0 saturated heterocycles. The van der Waals surface area contributed by atoms with Gasteiger partial charge < -0.3 is 14.8 Å². The van der Waals surface area contributed by atoms with Gasteiger partial charge in [0.05, 0.1) is 10.8 Å². The van der Waals surface area contributed by atoms with Crippen molar-refractivity contribution in [2.24, 2.45) is 22.2 Å².